The van der Waals surface area contributed by atoms with Gasteiger partial charge in [-0.25, -0.2) is 12.8 Å². The van der Waals surface area contributed by atoms with Gasteiger partial charge in [-0.05, 0) is 56.2 Å². The van der Waals surface area contributed by atoms with Gasteiger partial charge in [0.05, 0.1) is 10.6 Å². The Morgan fingerprint density at radius 2 is 1.41 bits per heavy atom. The quantitative estimate of drug-likeness (QED) is 0.206. The maximum Gasteiger partial charge on any atom is 0.264 e. The molecule has 4 rings (SSSR count). The zero-order valence-electron chi connectivity index (χ0n) is 25.2. The topological polar surface area (TPSA) is 86.8 Å². The Hall–Kier alpha value is -4.50. The molecule has 2 amide bonds. The third kappa shape index (κ3) is 8.11. The second-order valence-corrected chi connectivity index (χ2v) is 12.6. The summed E-state index contributed by atoms with van der Waals surface area (Å²) in [5.41, 5.74) is 3.12. The molecule has 230 valence electrons. The first-order valence-electron chi connectivity index (χ1n) is 14.6. The minimum atomic E-state index is -4.20. The molecule has 4 aromatic carbocycles. The average molecular weight is 616 g/mol. The molecule has 1 unspecified atom stereocenters. The van der Waals surface area contributed by atoms with Gasteiger partial charge in [0.1, 0.15) is 18.4 Å². The maximum atomic E-state index is 15.0. The van der Waals surface area contributed by atoms with Crippen LogP contribution in [0.25, 0.3) is 0 Å². The third-order valence-corrected chi connectivity index (χ3v) is 9.12. The van der Waals surface area contributed by atoms with E-state index in [1.807, 2.05) is 51.1 Å². The van der Waals surface area contributed by atoms with Gasteiger partial charge < -0.3 is 10.2 Å². The molecule has 4 aromatic rings. The summed E-state index contributed by atoms with van der Waals surface area (Å²) < 4.78 is 44.1. The molecule has 0 bridgehead atoms. The number of benzene rings is 4. The molecule has 0 aliphatic carbocycles. The van der Waals surface area contributed by atoms with Crippen molar-refractivity contribution in [2.45, 2.75) is 51.1 Å². The van der Waals surface area contributed by atoms with Crippen LogP contribution in [0.4, 0.5) is 10.1 Å². The highest BCUT2D eigenvalue weighted by Crippen LogP contribution is 2.26. The van der Waals surface area contributed by atoms with Crippen molar-refractivity contribution in [2.24, 2.45) is 0 Å². The lowest BCUT2D eigenvalue weighted by Gasteiger charge is -2.34. The number of hydrogen-bond donors (Lipinski definition) is 1. The van der Waals surface area contributed by atoms with Crippen molar-refractivity contribution in [2.75, 3.05) is 17.4 Å². The Kier molecular flexibility index (Phi) is 10.9. The summed E-state index contributed by atoms with van der Waals surface area (Å²) in [6.45, 7) is 5.23. The first kappa shape index (κ1) is 32.4. The highest BCUT2D eigenvalue weighted by atomic mass is 32.2. The molecular weight excluding hydrogens is 577 g/mol. The van der Waals surface area contributed by atoms with Gasteiger partial charge in [-0.2, -0.15) is 0 Å². The highest BCUT2D eigenvalue weighted by Gasteiger charge is 2.34. The standard InChI is InChI=1S/C35H38FN3O4S/c1-4-22-37-35(41)33(23-28-10-6-5-7-11-28)38(24-29-12-8-9-13-32(29)36)34(40)25-39(30-18-14-26(2)15-19-30)44(42,43)31-20-16-27(3)17-21-31/h5-21,33H,4,22-25H2,1-3H3,(H,37,41). The van der Waals surface area contributed by atoms with E-state index < -0.39 is 40.2 Å². The minimum Gasteiger partial charge on any atom is -0.354 e. The van der Waals surface area contributed by atoms with E-state index in [9.17, 15) is 22.4 Å². The summed E-state index contributed by atoms with van der Waals surface area (Å²) in [5.74, 6) is -1.57. The number of nitrogens with zero attached hydrogens (tertiary/aromatic N) is 2. The van der Waals surface area contributed by atoms with Crippen LogP contribution in [-0.2, 0) is 32.6 Å². The minimum absolute atomic E-state index is 0.0265. The number of hydrogen-bond acceptors (Lipinski definition) is 4. The molecule has 0 heterocycles. The molecule has 0 saturated heterocycles. The van der Waals surface area contributed by atoms with E-state index in [0.717, 1.165) is 21.0 Å². The Morgan fingerprint density at radius 3 is 2.02 bits per heavy atom. The summed E-state index contributed by atoms with van der Waals surface area (Å²) in [6.07, 6.45) is 0.840. The molecule has 0 saturated carbocycles. The maximum absolute atomic E-state index is 15.0. The molecule has 0 fully saturated rings. The van der Waals surface area contributed by atoms with Crippen molar-refractivity contribution >= 4 is 27.5 Å². The summed E-state index contributed by atoms with van der Waals surface area (Å²) in [4.78, 5) is 29.3. The Balaban J connectivity index is 1.80. The van der Waals surface area contributed by atoms with Crippen LogP contribution in [0.1, 0.15) is 35.6 Å². The number of rotatable bonds is 13. The molecule has 7 nitrogen and oxygen atoms in total. The predicted octanol–water partition coefficient (Wildman–Crippen LogP) is 5.80. The van der Waals surface area contributed by atoms with Crippen LogP contribution in [0.15, 0.2) is 108 Å². The largest absolute Gasteiger partial charge is 0.354 e. The van der Waals surface area contributed by atoms with Crippen molar-refractivity contribution in [3.8, 4) is 0 Å². The van der Waals surface area contributed by atoms with Crippen LogP contribution in [0, 0.1) is 19.7 Å². The molecule has 0 radical (unpaired) electrons. The van der Waals surface area contributed by atoms with Crippen molar-refractivity contribution in [3.63, 3.8) is 0 Å². The van der Waals surface area contributed by atoms with Gasteiger partial charge in [-0.1, -0.05) is 90.8 Å². The van der Waals surface area contributed by atoms with Gasteiger partial charge >= 0.3 is 0 Å². The number of anilines is 1. The van der Waals surface area contributed by atoms with E-state index in [1.165, 1.54) is 23.1 Å². The normalized spacial score (nSPS) is 11.9. The highest BCUT2D eigenvalue weighted by molar-refractivity contribution is 7.92. The fourth-order valence-electron chi connectivity index (χ4n) is 4.81. The van der Waals surface area contributed by atoms with E-state index in [1.54, 1.807) is 54.6 Å². The molecule has 0 aliphatic heterocycles. The molecule has 1 atom stereocenters. The van der Waals surface area contributed by atoms with Gasteiger partial charge in [0.25, 0.3) is 10.0 Å². The molecule has 0 aliphatic rings. The molecule has 0 aromatic heterocycles. The lowest BCUT2D eigenvalue weighted by molar-refractivity contribution is -0.140. The van der Waals surface area contributed by atoms with Crippen molar-refractivity contribution < 1.29 is 22.4 Å². The second-order valence-electron chi connectivity index (χ2n) is 10.8. The van der Waals surface area contributed by atoms with E-state index in [2.05, 4.69) is 5.32 Å². The van der Waals surface area contributed by atoms with E-state index in [0.29, 0.717) is 18.7 Å². The monoisotopic (exact) mass is 615 g/mol. The smallest absolute Gasteiger partial charge is 0.264 e. The molecule has 44 heavy (non-hydrogen) atoms. The lowest BCUT2D eigenvalue weighted by atomic mass is 10.0. The number of carbonyl (C=O) groups is 2. The average Bonchev–Trinajstić information content (AvgIpc) is 3.02. The summed E-state index contributed by atoms with van der Waals surface area (Å²) in [6, 6.07) is 27.5. The van der Waals surface area contributed by atoms with Crippen molar-refractivity contribution in [3.05, 3.63) is 131 Å². The van der Waals surface area contributed by atoms with Crippen molar-refractivity contribution in [1.29, 1.82) is 0 Å². The van der Waals surface area contributed by atoms with Crippen LogP contribution in [0.3, 0.4) is 0 Å². The van der Waals surface area contributed by atoms with Crippen LogP contribution < -0.4 is 9.62 Å². The first-order valence-corrected chi connectivity index (χ1v) is 16.0. The SMILES string of the molecule is CCCNC(=O)C(Cc1ccccc1)N(Cc1ccccc1F)C(=O)CN(c1ccc(C)cc1)S(=O)(=O)c1ccc(C)cc1. The lowest BCUT2D eigenvalue weighted by Crippen LogP contribution is -2.53. The number of carbonyl (C=O) groups excluding carboxylic acids is 2. The first-order chi connectivity index (χ1) is 21.1. The number of sulfonamides is 1. The fraction of sp³-hybridized carbons (Fsp3) is 0.257. The Bertz CT molecular complexity index is 1660. The number of nitrogens with one attached hydrogen (secondary N) is 1. The predicted molar refractivity (Wildman–Crippen MR) is 171 cm³/mol. The van der Waals surface area contributed by atoms with Crippen molar-refractivity contribution in [1.82, 2.24) is 10.2 Å². The van der Waals surface area contributed by atoms with Crippen LogP contribution >= 0.6 is 0 Å². The summed E-state index contributed by atoms with van der Waals surface area (Å²) in [5, 5.41) is 2.88. The Morgan fingerprint density at radius 1 is 0.818 bits per heavy atom. The molecule has 0 spiro atoms. The van der Waals surface area contributed by atoms with Gasteiger partial charge in [0, 0.05) is 25.1 Å². The summed E-state index contributed by atoms with van der Waals surface area (Å²) >= 11 is 0. The van der Waals surface area contributed by atoms with Crippen LogP contribution in [0.2, 0.25) is 0 Å². The molecule has 9 heteroatoms. The van der Waals surface area contributed by atoms with Gasteiger partial charge in [0.15, 0.2) is 0 Å². The van der Waals surface area contributed by atoms with E-state index >= 15 is 0 Å². The number of halogens is 1. The number of amides is 2. The van der Waals surface area contributed by atoms with Gasteiger partial charge in [0.2, 0.25) is 11.8 Å². The van der Waals surface area contributed by atoms with E-state index in [-0.39, 0.29) is 23.4 Å². The third-order valence-electron chi connectivity index (χ3n) is 7.33. The number of aryl methyl sites for hydroxylation is 2. The van der Waals surface area contributed by atoms with E-state index in [4.69, 9.17) is 0 Å². The van der Waals surface area contributed by atoms with Gasteiger partial charge in [-0.15, -0.1) is 0 Å². The zero-order valence-corrected chi connectivity index (χ0v) is 26.1. The second kappa shape index (κ2) is 14.8. The van der Waals surface area contributed by atoms with Crippen LogP contribution in [-0.4, -0.2) is 44.3 Å². The molecule has 1 N–H and O–H groups in total. The summed E-state index contributed by atoms with van der Waals surface area (Å²) in [7, 11) is -4.20. The van der Waals surface area contributed by atoms with Crippen LogP contribution in [0.5, 0.6) is 0 Å². The molecular formula is C35H38FN3O4S. The zero-order chi connectivity index (χ0) is 31.7. The Labute approximate surface area is 259 Å². The van der Waals surface area contributed by atoms with Gasteiger partial charge in [-0.3, -0.25) is 13.9 Å². The fourth-order valence-corrected chi connectivity index (χ4v) is 6.22.